The third kappa shape index (κ3) is 4.36. The zero-order valence-electron chi connectivity index (χ0n) is 32.8. The first-order valence-corrected chi connectivity index (χ1v) is 21.7. The second kappa shape index (κ2) is 12.2. The Morgan fingerprint density at radius 3 is 1.66 bits per heavy atom. The summed E-state index contributed by atoms with van der Waals surface area (Å²) in [7, 11) is 0. The van der Waals surface area contributed by atoms with Crippen molar-refractivity contribution in [3.63, 3.8) is 0 Å². The smallest absolute Gasteiger partial charge is 0.169 e. The molecule has 2 aliphatic rings. The molecular formula is C57H33N3S. The van der Waals surface area contributed by atoms with E-state index >= 15 is 0 Å². The van der Waals surface area contributed by atoms with E-state index < -0.39 is 5.41 Å². The van der Waals surface area contributed by atoms with E-state index in [1.54, 1.807) is 0 Å². The molecule has 0 saturated carbocycles. The first-order valence-electron chi connectivity index (χ1n) is 20.9. The van der Waals surface area contributed by atoms with Gasteiger partial charge in [0.15, 0.2) is 11.5 Å². The van der Waals surface area contributed by atoms with Crippen LogP contribution in [0.25, 0.3) is 103 Å². The summed E-state index contributed by atoms with van der Waals surface area (Å²) < 4.78 is 4.94. The van der Waals surface area contributed by atoms with E-state index in [1.165, 1.54) is 97.7 Å². The molecule has 0 amide bonds. The van der Waals surface area contributed by atoms with Crippen LogP contribution in [0.1, 0.15) is 22.3 Å². The first-order chi connectivity index (χ1) is 30.3. The third-order valence-electron chi connectivity index (χ3n) is 13.5. The van der Waals surface area contributed by atoms with E-state index in [0.29, 0.717) is 0 Å². The molecule has 61 heavy (non-hydrogen) atoms. The lowest BCUT2D eigenvalue weighted by Gasteiger charge is -2.30. The quantitative estimate of drug-likeness (QED) is 0.167. The number of aromatic nitrogens is 3. The third-order valence-corrected chi connectivity index (χ3v) is 14.8. The van der Waals surface area contributed by atoms with Crippen molar-refractivity contribution in [1.82, 2.24) is 14.6 Å². The number of thiophene rings is 1. The van der Waals surface area contributed by atoms with Crippen LogP contribution in [0.2, 0.25) is 0 Å². The summed E-state index contributed by atoms with van der Waals surface area (Å²) in [6, 6.07) is 73.9. The van der Waals surface area contributed by atoms with E-state index in [4.69, 9.17) is 10.2 Å². The summed E-state index contributed by atoms with van der Waals surface area (Å²) in [6.45, 7) is 0. The van der Waals surface area contributed by atoms with Gasteiger partial charge in [0.05, 0.1) is 10.9 Å². The zero-order valence-corrected chi connectivity index (χ0v) is 33.6. The van der Waals surface area contributed by atoms with E-state index in [2.05, 4.69) is 205 Å². The van der Waals surface area contributed by atoms with Crippen molar-refractivity contribution in [2.75, 3.05) is 0 Å². The molecule has 3 nitrogen and oxygen atoms in total. The van der Waals surface area contributed by atoms with Gasteiger partial charge >= 0.3 is 0 Å². The number of rotatable bonds is 3. The van der Waals surface area contributed by atoms with Crippen LogP contribution in [0.15, 0.2) is 200 Å². The van der Waals surface area contributed by atoms with Crippen LogP contribution in [0.3, 0.4) is 0 Å². The Balaban J connectivity index is 0.939. The Morgan fingerprint density at radius 1 is 0.361 bits per heavy atom. The Hall–Kier alpha value is -7.66. The first kappa shape index (κ1) is 33.2. The fraction of sp³-hybridized carbons (Fsp3) is 0.0175. The minimum absolute atomic E-state index is 0.431. The summed E-state index contributed by atoms with van der Waals surface area (Å²) in [5.74, 6) is 0.840. The maximum atomic E-state index is 5.01. The zero-order chi connectivity index (χ0) is 39.8. The molecule has 0 unspecified atom stereocenters. The normalized spacial score (nSPS) is 13.4. The lowest BCUT2D eigenvalue weighted by molar-refractivity contribution is 0.794. The van der Waals surface area contributed by atoms with Gasteiger partial charge in [-0.05, 0) is 96.4 Å². The van der Waals surface area contributed by atoms with Gasteiger partial charge in [-0.2, -0.15) is 0 Å². The molecular weight excluding hydrogens is 759 g/mol. The van der Waals surface area contributed by atoms with Gasteiger partial charge in [0.25, 0.3) is 0 Å². The maximum Gasteiger partial charge on any atom is 0.169 e. The molecule has 0 N–H and O–H groups in total. The van der Waals surface area contributed by atoms with Crippen molar-refractivity contribution in [1.29, 1.82) is 0 Å². The standard InChI is InChI=1S/C57H33N3S/c1-2-17-46-39(12-1)47-32-36(34-24-26-35(27-25-34)38-18-11-19-45-44-16-6-10-23-53(44)61-54(38)45)29-31-52(47)60-55(58-59-56(46)60)37-28-30-43-42-15-5-9-22-50(42)57(51(43)33-37)48-20-7-3-13-40(48)41-14-4-8-21-49(41)57/h1-33H. The summed E-state index contributed by atoms with van der Waals surface area (Å²) >= 11 is 1.88. The van der Waals surface area contributed by atoms with Crippen molar-refractivity contribution in [3.05, 3.63) is 222 Å². The molecule has 0 saturated heterocycles. The molecule has 2 aliphatic carbocycles. The molecule has 0 fully saturated rings. The van der Waals surface area contributed by atoms with Gasteiger partial charge < -0.3 is 0 Å². The lowest BCUT2D eigenvalue weighted by Crippen LogP contribution is -2.25. The molecule has 0 bridgehead atoms. The van der Waals surface area contributed by atoms with Crippen molar-refractivity contribution < 1.29 is 0 Å². The molecule has 0 aliphatic heterocycles. The lowest BCUT2D eigenvalue weighted by atomic mass is 9.70. The Bertz CT molecular complexity index is 3770. The SMILES string of the molecule is c1ccc2c(c1)-c1ccccc1C21c2ccccc2-c2ccc(-c3nnc4c5ccccc5c5cc(-c6ccc(-c7cccc8c7sc7ccccc78)cc6)ccc5n34)cc21. The number of nitrogens with zero attached hydrogens (tertiary/aromatic N) is 3. The minimum Gasteiger partial charge on any atom is -0.274 e. The monoisotopic (exact) mass is 791 g/mol. The molecule has 0 atom stereocenters. The molecule has 3 heterocycles. The largest absolute Gasteiger partial charge is 0.274 e. The molecule has 4 heteroatoms. The van der Waals surface area contributed by atoms with Crippen molar-refractivity contribution in [3.8, 4) is 55.9 Å². The van der Waals surface area contributed by atoms with Crippen LogP contribution < -0.4 is 0 Å². The van der Waals surface area contributed by atoms with Crippen LogP contribution in [0.5, 0.6) is 0 Å². The van der Waals surface area contributed by atoms with Gasteiger partial charge in [0, 0.05) is 36.5 Å². The predicted molar refractivity (Wildman–Crippen MR) is 253 cm³/mol. The van der Waals surface area contributed by atoms with E-state index in [1.807, 2.05) is 11.3 Å². The highest BCUT2D eigenvalue weighted by atomic mass is 32.1. The summed E-state index contributed by atoms with van der Waals surface area (Å²) in [5.41, 5.74) is 17.9. The molecule has 1 spiro atoms. The van der Waals surface area contributed by atoms with Gasteiger partial charge in [-0.3, -0.25) is 4.40 Å². The minimum atomic E-state index is -0.431. The van der Waals surface area contributed by atoms with Crippen LogP contribution in [0.4, 0.5) is 0 Å². The van der Waals surface area contributed by atoms with Crippen LogP contribution in [-0.4, -0.2) is 14.6 Å². The number of fused-ring (bicyclic) bond motifs is 19. The predicted octanol–water partition coefficient (Wildman–Crippen LogP) is 14.7. The van der Waals surface area contributed by atoms with Crippen molar-refractivity contribution in [2.24, 2.45) is 0 Å². The highest BCUT2D eigenvalue weighted by Gasteiger charge is 2.51. The second-order valence-electron chi connectivity index (χ2n) is 16.5. The van der Waals surface area contributed by atoms with Gasteiger partial charge in [-0.1, -0.05) is 176 Å². The molecule has 12 aromatic rings. The molecule has 0 radical (unpaired) electrons. The molecule has 282 valence electrons. The molecule has 9 aromatic carbocycles. The van der Waals surface area contributed by atoms with Gasteiger partial charge in [-0.25, -0.2) is 0 Å². The van der Waals surface area contributed by atoms with Crippen molar-refractivity contribution >= 4 is 58.8 Å². The number of hydrogen-bond acceptors (Lipinski definition) is 3. The van der Waals surface area contributed by atoms with E-state index in [9.17, 15) is 0 Å². The summed E-state index contributed by atoms with van der Waals surface area (Å²) in [4.78, 5) is 0. The Morgan fingerprint density at radius 2 is 0.918 bits per heavy atom. The van der Waals surface area contributed by atoms with Crippen LogP contribution in [-0.2, 0) is 5.41 Å². The number of pyridine rings is 1. The average molecular weight is 792 g/mol. The second-order valence-corrected chi connectivity index (χ2v) is 17.5. The molecule has 3 aromatic heterocycles. The maximum absolute atomic E-state index is 5.01. The van der Waals surface area contributed by atoms with Gasteiger partial charge in [0.1, 0.15) is 0 Å². The van der Waals surface area contributed by atoms with E-state index in [0.717, 1.165) is 27.9 Å². The fourth-order valence-electron chi connectivity index (χ4n) is 11.0. The van der Waals surface area contributed by atoms with Gasteiger partial charge in [0.2, 0.25) is 0 Å². The average Bonchev–Trinajstić information content (AvgIpc) is 4.09. The van der Waals surface area contributed by atoms with Crippen LogP contribution >= 0.6 is 11.3 Å². The molecule has 14 rings (SSSR count). The van der Waals surface area contributed by atoms with E-state index in [-0.39, 0.29) is 0 Å². The number of benzene rings is 9. The van der Waals surface area contributed by atoms with Gasteiger partial charge in [-0.15, -0.1) is 21.5 Å². The highest BCUT2D eigenvalue weighted by Crippen LogP contribution is 2.63. The number of hydrogen-bond donors (Lipinski definition) is 0. The van der Waals surface area contributed by atoms with Crippen molar-refractivity contribution in [2.45, 2.75) is 5.41 Å². The summed E-state index contributed by atoms with van der Waals surface area (Å²) in [6.07, 6.45) is 0. The fourth-order valence-corrected chi connectivity index (χ4v) is 12.2. The Labute approximate surface area is 355 Å². The summed E-state index contributed by atoms with van der Waals surface area (Å²) in [5, 5.41) is 16.0. The van der Waals surface area contributed by atoms with Crippen LogP contribution in [0, 0.1) is 0 Å². The highest BCUT2D eigenvalue weighted by molar-refractivity contribution is 7.26. The topological polar surface area (TPSA) is 30.2 Å². The Kier molecular flexibility index (Phi) is 6.64.